The molecule has 2 heteroatoms. The van der Waals surface area contributed by atoms with Gasteiger partial charge in [0.05, 0.1) is 6.10 Å². The molecular formula is C19H22O2. The van der Waals surface area contributed by atoms with Gasteiger partial charge in [0.15, 0.2) is 0 Å². The van der Waals surface area contributed by atoms with E-state index in [4.69, 9.17) is 4.74 Å². The summed E-state index contributed by atoms with van der Waals surface area (Å²) in [6.45, 7) is 2.58. The average molecular weight is 282 g/mol. The first kappa shape index (κ1) is 14.2. The van der Waals surface area contributed by atoms with E-state index in [1.807, 2.05) is 31.2 Å². The zero-order valence-electron chi connectivity index (χ0n) is 12.5. The highest BCUT2D eigenvalue weighted by Gasteiger charge is 2.11. The molecule has 21 heavy (non-hydrogen) atoms. The topological polar surface area (TPSA) is 29.5 Å². The zero-order chi connectivity index (χ0) is 14.7. The van der Waals surface area contributed by atoms with Gasteiger partial charge in [-0.1, -0.05) is 37.3 Å². The Bertz CT molecular complexity index is 601. The van der Waals surface area contributed by atoms with Crippen molar-refractivity contribution in [1.82, 2.24) is 0 Å². The number of hydrogen-bond acceptors (Lipinski definition) is 2. The van der Waals surface area contributed by atoms with Gasteiger partial charge in [-0.15, -0.1) is 0 Å². The predicted octanol–water partition coefficient (Wildman–Crippen LogP) is 4.20. The van der Waals surface area contributed by atoms with Gasteiger partial charge in [-0.05, 0) is 60.1 Å². The number of ether oxygens (including phenoxy) is 1. The van der Waals surface area contributed by atoms with Crippen molar-refractivity contribution in [3.05, 3.63) is 64.7 Å². The standard InChI is InChI=1S/C19H22O2/c1-2-19(20)16-8-10-18(11-9-16)21-13-14-6-7-15-4-3-5-17(15)12-14/h6-12,19-20H,2-5,13H2,1H3/t19-/m1/s1. The lowest BCUT2D eigenvalue weighted by Gasteiger charge is -2.11. The van der Waals surface area contributed by atoms with Crippen LogP contribution in [0.4, 0.5) is 0 Å². The number of aliphatic hydroxyl groups is 1. The first-order chi connectivity index (χ1) is 10.3. The van der Waals surface area contributed by atoms with E-state index in [1.54, 1.807) is 0 Å². The second kappa shape index (κ2) is 6.31. The minimum absolute atomic E-state index is 0.379. The van der Waals surface area contributed by atoms with Gasteiger partial charge in [0.1, 0.15) is 12.4 Å². The van der Waals surface area contributed by atoms with Crippen molar-refractivity contribution in [3.8, 4) is 5.75 Å². The molecule has 1 aliphatic rings. The molecule has 0 fully saturated rings. The van der Waals surface area contributed by atoms with Crippen molar-refractivity contribution in [2.75, 3.05) is 0 Å². The van der Waals surface area contributed by atoms with Crippen molar-refractivity contribution in [3.63, 3.8) is 0 Å². The highest BCUT2D eigenvalue weighted by atomic mass is 16.5. The maximum absolute atomic E-state index is 9.78. The SMILES string of the molecule is CC[C@@H](O)c1ccc(OCc2ccc3c(c2)CCC3)cc1. The molecule has 0 saturated heterocycles. The third kappa shape index (κ3) is 3.27. The Hall–Kier alpha value is -1.80. The number of rotatable bonds is 5. The average Bonchev–Trinajstić information content (AvgIpc) is 3.00. The van der Waals surface area contributed by atoms with E-state index in [-0.39, 0.29) is 6.10 Å². The van der Waals surface area contributed by atoms with Crippen LogP contribution in [0.25, 0.3) is 0 Å². The van der Waals surface area contributed by atoms with Gasteiger partial charge >= 0.3 is 0 Å². The van der Waals surface area contributed by atoms with Crippen LogP contribution < -0.4 is 4.74 Å². The van der Waals surface area contributed by atoms with E-state index in [9.17, 15) is 5.11 Å². The lowest BCUT2D eigenvalue weighted by atomic mass is 10.1. The lowest BCUT2D eigenvalue weighted by Crippen LogP contribution is -1.98. The molecule has 1 aliphatic carbocycles. The molecule has 0 radical (unpaired) electrons. The molecule has 0 unspecified atom stereocenters. The molecule has 1 N–H and O–H groups in total. The van der Waals surface area contributed by atoms with Gasteiger partial charge in [-0.2, -0.15) is 0 Å². The van der Waals surface area contributed by atoms with Crippen molar-refractivity contribution < 1.29 is 9.84 Å². The van der Waals surface area contributed by atoms with Gasteiger partial charge in [-0.3, -0.25) is 0 Å². The fraction of sp³-hybridized carbons (Fsp3) is 0.368. The molecule has 0 amide bonds. The van der Waals surface area contributed by atoms with Crippen LogP contribution in [-0.2, 0) is 19.4 Å². The molecule has 110 valence electrons. The lowest BCUT2D eigenvalue weighted by molar-refractivity contribution is 0.173. The minimum atomic E-state index is -0.379. The molecule has 0 aromatic heterocycles. The summed E-state index contributed by atoms with van der Waals surface area (Å²) >= 11 is 0. The third-order valence-corrected chi connectivity index (χ3v) is 4.22. The van der Waals surface area contributed by atoms with Gasteiger partial charge < -0.3 is 9.84 Å². The highest BCUT2D eigenvalue weighted by molar-refractivity contribution is 5.35. The van der Waals surface area contributed by atoms with Crippen molar-refractivity contribution in [2.45, 2.75) is 45.3 Å². The van der Waals surface area contributed by atoms with Crippen molar-refractivity contribution in [2.24, 2.45) is 0 Å². The molecule has 0 bridgehead atoms. The van der Waals surface area contributed by atoms with E-state index in [0.717, 1.165) is 17.7 Å². The van der Waals surface area contributed by atoms with E-state index < -0.39 is 0 Å². The quantitative estimate of drug-likeness (QED) is 0.890. The summed E-state index contributed by atoms with van der Waals surface area (Å²) in [7, 11) is 0. The fourth-order valence-electron chi connectivity index (χ4n) is 2.90. The van der Waals surface area contributed by atoms with E-state index in [0.29, 0.717) is 6.61 Å². The van der Waals surface area contributed by atoms with Gasteiger partial charge in [-0.25, -0.2) is 0 Å². The molecule has 3 rings (SSSR count). The van der Waals surface area contributed by atoms with Crippen LogP contribution in [0.1, 0.15) is 48.1 Å². The molecule has 0 heterocycles. The third-order valence-electron chi connectivity index (χ3n) is 4.22. The second-order valence-electron chi connectivity index (χ2n) is 5.74. The van der Waals surface area contributed by atoms with E-state index >= 15 is 0 Å². The second-order valence-corrected chi connectivity index (χ2v) is 5.74. The smallest absolute Gasteiger partial charge is 0.119 e. The van der Waals surface area contributed by atoms with E-state index in [2.05, 4.69) is 18.2 Å². The van der Waals surface area contributed by atoms with Crippen LogP contribution in [0.3, 0.4) is 0 Å². The Morgan fingerprint density at radius 2 is 1.81 bits per heavy atom. The van der Waals surface area contributed by atoms with Gasteiger partial charge in [0, 0.05) is 0 Å². The maximum Gasteiger partial charge on any atom is 0.119 e. The van der Waals surface area contributed by atoms with Crippen LogP contribution in [-0.4, -0.2) is 5.11 Å². The van der Waals surface area contributed by atoms with E-state index in [1.165, 1.54) is 36.0 Å². The molecular weight excluding hydrogens is 260 g/mol. The number of hydrogen-bond donors (Lipinski definition) is 1. The van der Waals surface area contributed by atoms with Crippen molar-refractivity contribution >= 4 is 0 Å². The molecule has 0 saturated carbocycles. The summed E-state index contributed by atoms with van der Waals surface area (Å²) < 4.78 is 5.84. The summed E-state index contributed by atoms with van der Waals surface area (Å²) in [6.07, 6.45) is 4.05. The summed E-state index contributed by atoms with van der Waals surface area (Å²) in [5.74, 6) is 0.850. The summed E-state index contributed by atoms with van der Waals surface area (Å²) in [4.78, 5) is 0. The Morgan fingerprint density at radius 3 is 2.57 bits per heavy atom. The number of aliphatic hydroxyl groups excluding tert-OH is 1. The maximum atomic E-state index is 9.78. The zero-order valence-corrected chi connectivity index (χ0v) is 12.5. The summed E-state index contributed by atoms with van der Waals surface area (Å²) in [5, 5.41) is 9.78. The van der Waals surface area contributed by atoms with Crippen LogP contribution in [0.2, 0.25) is 0 Å². The Balaban J connectivity index is 1.62. The Kier molecular flexibility index (Phi) is 4.26. The van der Waals surface area contributed by atoms with Crippen LogP contribution >= 0.6 is 0 Å². The largest absolute Gasteiger partial charge is 0.489 e. The van der Waals surface area contributed by atoms with Crippen molar-refractivity contribution in [1.29, 1.82) is 0 Å². The first-order valence-corrected chi connectivity index (χ1v) is 7.78. The normalized spacial score (nSPS) is 14.8. The molecule has 2 aromatic rings. The molecule has 2 aromatic carbocycles. The van der Waals surface area contributed by atoms with Crippen LogP contribution in [0, 0.1) is 0 Å². The summed E-state index contributed by atoms with van der Waals surface area (Å²) in [6, 6.07) is 14.4. The summed E-state index contributed by atoms with van der Waals surface area (Å²) in [5.41, 5.74) is 5.16. The fourth-order valence-corrected chi connectivity index (χ4v) is 2.90. The highest BCUT2D eigenvalue weighted by Crippen LogP contribution is 2.24. The Morgan fingerprint density at radius 1 is 1.05 bits per heavy atom. The monoisotopic (exact) mass is 282 g/mol. The van der Waals surface area contributed by atoms with Gasteiger partial charge in [0.2, 0.25) is 0 Å². The molecule has 0 spiro atoms. The molecule has 0 aliphatic heterocycles. The van der Waals surface area contributed by atoms with Crippen LogP contribution in [0.15, 0.2) is 42.5 Å². The van der Waals surface area contributed by atoms with Gasteiger partial charge in [0.25, 0.3) is 0 Å². The number of fused-ring (bicyclic) bond motifs is 1. The minimum Gasteiger partial charge on any atom is -0.489 e. The first-order valence-electron chi connectivity index (χ1n) is 7.78. The Labute approximate surface area is 126 Å². The predicted molar refractivity (Wildman–Crippen MR) is 84.5 cm³/mol. The number of aryl methyl sites for hydroxylation is 2. The molecule has 2 nitrogen and oxygen atoms in total. The molecule has 1 atom stereocenters. The van der Waals surface area contributed by atoms with Crippen LogP contribution in [0.5, 0.6) is 5.75 Å². The number of benzene rings is 2.